The van der Waals surface area contributed by atoms with Crippen molar-refractivity contribution >= 4 is 5.91 Å². The zero-order chi connectivity index (χ0) is 17.1. The number of imidazole rings is 1. The summed E-state index contributed by atoms with van der Waals surface area (Å²) in [7, 11) is 3.86. The predicted octanol–water partition coefficient (Wildman–Crippen LogP) is 1.35. The van der Waals surface area contributed by atoms with Crippen molar-refractivity contribution in [2.24, 2.45) is 7.05 Å². The molecule has 3 rings (SSSR count). The van der Waals surface area contributed by atoms with Crippen LogP contribution in [-0.4, -0.2) is 49.3 Å². The smallest absolute Gasteiger partial charge is 0.223 e. The van der Waals surface area contributed by atoms with E-state index in [1.54, 1.807) is 12.4 Å². The summed E-state index contributed by atoms with van der Waals surface area (Å²) in [5.41, 5.74) is 0. The molecular formula is C17H26N6O. The Balaban J connectivity index is 1.67. The van der Waals surface area contributed by atoms with Gasteiger partial charge in [0.15, 0.2) is 0 Å². The Hall–Kier alpha value is -2.15. The second-order valence-corrected chi connectivity index (χ2v) is 6.62. The summed E-state index contributed by atoms with van der Waals surface area (Å²) in [4.78, 5) is 18.5. The van der Waals surface area contributed by atoms with Gasteiger partial charge >= 0.3 is 0 Å². The number of hydrogen-bond acceptors (Lipinski definition) is 4. The van der Waals surface area contributed by atoms with Gasteiger partial charge in [-0.05, 0) is 25.8 Å². The molecule has 24 heavy (non-hydrogen) atoms. The maximum Gasteiger partial charge on any atom is 0.223 e. The Morgan fingerprint density at radius 2 is 2.17 bits per heavy atom. The predicted molar refractivity (Wildman–Crippen MR) is 91.2 cm³/mol. The minimum absolute atomic E-state index is 0.0293. The van der Waals surface area contributed by atoms with E-state index in [-0.39, 0.29) is 18.0 Å². The first-order valence-corrected chi connectivity index (χ1v) is 8.52. The highest BCUT2D eigenvalue weighted by atomic mass is 16.2. The maximum absolute atomic E-state index is 12.2. The van der Waals surface area contributed by atoms with E-state index in [1.165, 1.54) is 0 Å². The van der Waals surface area contributed by atoms with E-state index in [0.717, 1.165) is 25.2 Å². The molecule has 0 radical (unpaired) electrons. The van der Waals surface area contributed by atoms with Gasteiger partial charge in [-0.3, -0.25) is 9.48 Å². The fourth-order valence-corrected chi connectivity index (χ4v) is 3.44. The molecule has 3 heterocycles. The number of aromatic nitrogens is 4. The third kappa shape index (κ3) is 3.51. The molecule has 1 saturated heterocycles. The Bertz CT molecular complexity index is 664. The van der Waals surface area contributed by atoms with Crippen LogP contribution in [0, 0.1) is 0 Å². The Kier molecular flexibility index (Phi) is 4.99. The number of piperidine rings is 1. The van der Waals surface area contributed by atoms with Crippen LogP contribution in [0.1, 0.15) is 38.1 Å². The van der Waals surface area contributed by atoms with Crippen molar-refractivity contribution in [1.82, 2.24) is 29.5 Å². The van der Waals surface area contributed by atoms with E-state index in [9.17, 15) is 4.79 Å². The lowest BCUT2D eigenvalue weighted by atomic mass is 9.94. The van der Waals surface area contributed by atoms with Gasteiger partial charge in [0.05, 0.1) is 0 Å². The Morgan fingerprint density at radius 1 is 1.33 bits per heavy atom. The molecule has 0 bridgehead atoms. The molecule has 0 aromatic carbocycles. The second-order valence-electron chi connectivity index (χ2n) is 6.62. The number of likely N-dealkylation sites (tertiary alicyclic amines) is 1. The number of carbonyl (C=O) groups is 1. The molecule has 0 saturated carbocycles. The number of amides is 1. The van der Waals surface area contributed by atoms with E-state index in [4.69, 9.17) is 0 Å². The minimum atomic E-state index is -0.0293. The van der Waals surface area contributed by atoms with Crippen LogP contribution in [-0.2, 0) is 18.4 Å². The maximum atomic E-state index is 12.2. The average Bonchev–Trinajstić information content (AvgIpc) is 3.21. The summed E-state index contributed by atoms with van der Waals surface area (Å²) >= 11 is 0. The highest BCUT2D eigenvalue weighted by Gasteiger charge is 2.37. The van der Waals surface area contributed by atoms with Crippen molar-refractivity contribution in [1.29, 1.82) is 0 Å². The van der Waals surface area contributed by atoms with Gasteiger partial charge in [-0.1, -0.05) is 0 Å². The van der Waals surface area contributed by atoms with Crippen molar-refractivity contribution in [3.8, 4) is 0 Å². The van der Waals surface area contributed by atoms with Gasteiger partial charge in [-0.15, -0.1) is 0 Å². The summed E-state index contributed by atoms with van der Waals surface area (Å²) < 4.78 is 3.95. The average molecular weight is 330 g/mol. The van der Waals surface area contributed by atoms with Crippen LogP contribution < -0.4 is 5.32 Å². The zero-order valence-electron chi connectivity index (χ0n) is 14.6. The fourth-order valence-electron chi connectivity index (χ4n) is 3.44. The van der Waals surface area contributed by atoms with E-state index >= 15 is 0 Å². The van der Waals surface area contributed by atoms with E-state index < -0.39 is 0 Å². The first kappa shape index (κ1) is 16.7. The van der Waals surface area contributed by atoms with Crippen LogP contribution in [0.15, 0.2) is 30.9 Å². The van der Waals surface area contributed by atoms with Gasteiger partial charge in [0.25, 0.3) is 0 Å². The third-order valence-electron chi connectivity index (χ3n) is 4.83. The number of nitrogens with zero attached hydrogens (tertiary/aromatic N) is 5. The van der Waals surface area contributed by atoms with Crippen LogP contribution in [0.4, 0.5) is 0 Å². The molecule has 0 aliphatic carbocycles. The number of aryl methyl sites for hydroxylation is 2. The lowest BCUT2D eigenvalue weighted by Gasteiger charge is -2.40. The van der Waals surface area contributed by atoms with Crippen molar-refractivity contribution < 1.29 is 4.79 Å². The van der Waals surface area contributed by atoms with E-state index in [1.807, 2.05) is 46.7 Å². The summed E-state index contributed by atoms with van der Waals surface area (Å²) in [6.45, 7) is 3.07. The van der Waals surface area contributed by atoms with Gasteiger partial charge in [0.2, 0.25) is 5.91 Å². The Labute approximate surface area is 142 Å². The SMILES string of the molecule is CC(CCn1cccn1)N[C@@H]1CCC(=O)N(C)[C@H]1c1nccn1C. The highest BCUT2D eigenvalue weighted by molar-refractivity contribution is 5.77. The summed E-state index contributed by atoms with van der Waals surface area (Å²) in [6, 6.07) is 2.46. The topological polar surface area (TPSA) is 68.0 Å². The molecule has 0 spiro atoms. The number of likely N-dealkylation sites (N-methyl/N-ethyl adjacent to an activating group) is 1. The van der Waals surface area contributed by atoms with Crippen molar-refractivity contribution in [3.05, 3.63) is 36.7 Å². The molecular weight excluding hydrogens is 304 g/mol. The first-order chi connectivity index (χ1) is 11.6. The molecule has 1 unspecified atom stereocenters. The van der Waals surface area contributed by atoms with Crippen LogP contribution in [0.2, 0.25) is 0 Å². The van der Waals surface area contributed by atoms with E-state index in [2.05, 4.69) is 22.3 Å². The zero-order valence-corrected chi connectivity index (χ0v) is 14.6. The molecule has 1 N–H and O–H groups in total. The molecule has 1 aliphatic heterocycles. The van der Waals surface area contributed by atoms with Crippen molar-refractivity contribution in [2.75, 3.05) is 7.05 Å². The van der Waals surface area contributed by atoms with Gasteiger partial charge in [0, 0.05) is 63.9 Å². The minimum Gasteiger partial charge on any atom is -0.336 e. The molecule has 2 aromatic heterocycles. The van der Waals surface area contributed by atoms with Crippen molar-refractivity contribution in [3.63, 3.8) is 0 Å². The normalized spacial score (nSPS) is 22.8. The number of carbonyl (C=O) groups excluding carboxylic acids is 1. The van der Waals surface area contributed by atoms with Gasteiger partial charge in [0.1, 0.15) is 11.9 Å². The monoisotopic (exact) mass is 330 g/mol. The molecule has 1 aliphatic rings. The third-order valence-corrected chi connectivity index (χ3v) is 4.83. The first-order valence-electron chi connectivity index (χ1n) is 8.52. The van der Waals surface area contributed by atoms with Crippen LogP contribution in [0.3, 0.4) is 0 Å². The molecule has 3 atom stereocenters. The summed E-state index contributed by atoms with van der Waals surface area (Å²) in [5.74, 6) is 1.12. The molecule has 130 valence electrons. The lowest BCUT2D eigenvalue weighted by Crippen LogP contribution is -2.52. The van der Waals surface area contributed by atoms with Gasteiger partial charge in [-0.2, -0.15) is 5.10 Å². The molecule has 1 amide bonds. The molecule has 1 fully saturated rings. The van der Waals surface area contributed by atoms with Gasteiger partial charge in [-0.25, -0.2) is 4.98 Å². The largest absolute Gasteiger partial charge is 0.336 e. The second kappa shape index (κ2) is 7.17. The van der Waals surface area contributed by atoms with Crippen molar-refractivity contribution in [2.45, 2.75) is 50.9 Å². The lowest BCUT2D eigenvalue weighted by molar-refractivity contribution is -0.136. The number of nitrogens with one attached hydrogen (secondary N) is 1. The quantitative estimate of drug-likeness (QED) is 0.868. The summed E-state index contributed by atoms with van der Waals surface area (Å²) in [6.07, 6.45) is 9.92. The fraction of sp³-hybridized carbons (Fsp3) is 0.588. The molecule has 7 nitrogen and oxygen atoms in total. The van der Waals surface area contributed by atoms with Crippen LogP contribution >= 0.6 is 0 Å². The summed E-state index contributed by atoms with van der Waals surface area (Å²) in [5, 5.41) is 7.96. The van der Waals surface area contributed by atoms with Gasteiger partial charge < -0.3 is 14.8 Å². The van der Waals surface area contributed by atoms with E-state index in [0.29, 0.717) is 12.5 Å². The number of rotatable bonds is 6. The molecule has 2 aromatic rings. The van der Waals surface area contributed by atoms with Crippen LogP contribution in [0.25, 0.3) is 0 Å². The standard InChI is InChI=1S/C17H26N6O/c1-13(7-11-23-10-4-8-19-23)20-14-5-6-15(24)22(3)16(14)17-18-9-12-21(17)2/h4,8-10,12-14,16,20H,5-7,11H2,1-3H3/t13?,14-,16-/m1/s1. The number of hydrogen-bond donors (Lipinski definition) is 1. The van der Waals surface area contributed by atoms with Crippen LogP contribution in [0.5, 0.6) is 0 Å². The Morgan fingerprint density at radius 3 is 2.83 bits per heavy atom. The molecule has 7 heteroatoms. The highest BCUT2D eigenvalue weighted by Crippen LogP contribution is 2.30.